The molecular formula is C14H20N2O3S2. The van der Waals surface area contributed by atoms with Crippen molar-refractivity contribution in [2.24, 2.45) is 0 Å². The summed E-state index contributed by atoms with van der Waals surface area (Å²) in [5.41, 5.74) is 2.78. The van der Waals surface area contributed by atoms with E-state index in [0.717, 1.165) is 27.5 Å². The predicted octanol–water partition coefficient (Wildman–Crippen LogP) is 3.05. The summed E-state index contributed by atoms with van der Waals surface area (Å²) in [5.74, 6) is 0.746. The van der Waals surface area contributed by atoms with Gasteiger partial charge in [0.2, 0.25) is 10.0 Å². The predicted molar refractivity (Wildman–Crippen MR) is 83.4 cm³/mol. The lowest BCUT2D eigenvalue weighted by atomic mass is 10.0. The Labute approximate surface area is 129 Å². The maximum absolute atomic E-state index is 12.3. The number of aryl methyl sites for hydroxylation is 4. The first-order valence-corrected chi connectivity index (χ1v) is 9.01. The fourth-order valence-corrected chi connectivity index (χ4v) is 4.96. The van der Waals surface area contributed by atoms with Crippen LogP contribution in [0, 0.1) is 27.7 Å². The molecule has 2 heterocycles. The summed E-state index contributed by atoms with van der Waals surface area (Å²) in [4.78, 5) is 1.02. The van der Waals surface area contributed by atoms with Crippen molar-refractivity contribution in [2.75, 3.05) is 6.54 Å². The summed E-state index contributed by atoms with van der Waals surface area (Å²) in [6.45, 7) is 9.82. The Balaban J connectivity index is 2.12. The first kappa shape index (κ1) is 16.2. The van der Waals surface area contributed by atoms with E-state index in [4.69, 9.17) is 4.52 Å². The zero-order valence-electron chi connectivity index (χ0n) is 12.9. The maximum atomic E-state index is 12.3. The molecular weight excluding hydrogens is 308 g/mol. The van der Waals surface area contributed by atoms with Crippen LogP contribution in [0.15, 0.2) is 14.8 Å². The minimum atomic E-state index is -3.46. The van der Waals surface area contributed by atoms with Gasteiger partial charge in [-0.15, -0.1) is 11.3 Å². The van der Waals surface area contributed by atoms with Crippen molar-refractivity contribution in [2.45, 2.75) is 44.7 Å². The zero-order valence-corrected chi connectivity index (χ0v) is 14.5. The van der Waals surface area contributed by atoms with Crippen LogP contribution in [0.1, 0.15) is 40.3 Å². The molecule has 0 bridgehead atoms. The molecule has 0 radical (unpaired) electrons. The number of rotatable bonds is 5. The second kappa shape index (κ2) is 5.90. The maximum Gasteiger partial charge on any atom is 0.250 e. The van der Waals surface area contributed by atoms with Gasteiger partial charge in [0, 0.05) is 17.0 Å². The first-order chi connectivity index (χ1) is 9.72. The summed E-state index contributed by atoms with van der Waals surface area (Å²) in [6.07, 6.45) is 0. The first-order valence-electron chi connectivity index (χ1n) is 6.72. The van der Waals surface area contributed by atoms with Crippen LogP contribution < -0.4 is 4.72 Å². The van der Waals surface area contributed by atoms with Gasteiger partial charge in [-0.2, -0.15) is 0 Å². The zero-order chi connectivity index (χ0) is 15.8. The third kappa shape index (κ3) is 3.36. The van der Waals surface area contributed by atoms with Crippen LogP contribution in [-0.4, -0.2) is 20.1 Å². The average Bonchev–Trinajstić information content (AvgIpc) is 2.91. The largest absolute Gasteiger partial charge is 0.361 e. The molecule has 21 heavy (non-hydrogen) atoms. The lowest BCUT2D eigenvalue weighted by Crippen LogP contribution is -2.27. The van der Waals surface area contributed by atoms with Crippen LogP contribution >= 0.6 is 11.3 Å². The van der Waals surface area contributed by atoms with Crippen LogP contribution in [0.25, 0.3) is 0 Å². The molecule has 0 spiro atoms. The molecule has 0 aromatic carbocycles. The van der Waals surface area contributed by atoms with E-state index < -0.39 is 10.0 Å². The van der Waals surface area contributed by atoms with E-state index in [1.54, 1.807) is 6.07 Å². The van der Waals surface area contributed by atoms with Gasteiger partial charge < -0.3 is 4.52 Å². The minimum Gasteiger partial charge on any atom is -0.361 e. The highest BCUT2D eigenvalue weighted by molar-refractivity contribution is 7.91. The van der Waals surface area contributed by atoms with Gasteiger partial charge in [0.15, 0.2) is 0 Å². The van der Waals surface area contributed by atoms with Gasteiger partial charge >= 0.3 is 0 Å². The summed E-state index contributed by atoms with van der Waals surface area (Å²) >= 11 is 1.30. The Morgan fingerprint density at radius 3 is 2.48 bits per heavy atom. The molecule has 2 aromatic rings. The van der Waals surface area contributed by atoms with Crippen molar-refractivity contribution in [3.05, 3.63) is 33.5 Å². The molecule has 1 atom stereocenters. The Kier molecular flexibility index (Phi) is 4.55. The topological polar surface area (TPSA) is 72.2 Å². The summed E-state index contributed by atoms with van der Waals surface area (Å²) in [6, 6.07) is 1.71. The molecule has 0 aliphatic carbocycles. The van der Waals surface area contributed by atoms with Gasteiger partial charge in [-0.3, -0.25) is 0 Å². The number of hydrogen-bond acceptors (Lipinski definition) is 5. The number of sulfonamides is 1. The molecule has 116 valence electrons. The van der Waals surface area contributed by atoms with Gasteiger partial charge in [0.1, 0.15) is 9.97 Å². The lowest BCUT2D eigenvalue weighted by molar-refractivity contribution is 0.391. The third-order valence-corrected chi connectivity index (χ3v) is 6.62. The Hall–Kier alpha value is -1.18. The Morgan fingerprint density at radius 2 is 2.00 bits per heavy atom. The van der Waals surface area contributed by atoms with Crippen molar-refractivity contribution < 1.29 is 12.9 Å². The molecule has 0 aliphatic rings. The molecule has 2 aromatic heterocycles. The van der Waals surface area contributed by atoms with E-state index in [-0.39, 0.29) is 5.92 Å². The highest BCUT2D eigenvalue weighted by Gasteiger charge is 2.21. The number of nitrogens with one attached hydrogen (secondary N) is 1. The number of thiophene rings is 1. The molecule has 0 fully saturated rings. The minimum absolute atomic E-state index is 0.00758. The molecule has 1 N–H and O–H groups in total. The van der Waals surface area contributed by atoms with Gasteiger partial charge in [0.25, 0.3) is 0 Å². The van der Waals surface area contributed by atoms with Gasteiger partial charge in [-0.05, 0) is 45.2 Å². The molecule has 0 saturated carbocycles. The Morgan fingerprint density at radius 1 is 1.33 bits per heavy atom. The van der Waals surface area contributed by atoms with E-state index in [1.165, 1.54) is 11.3 Å². The lowest BCUT2D eigenvalue weighted by Gasteiger charge is -2.12. The van der Waals surface area contributed by atoms with E-state index in [1.807, 2.05) is 34.6 Å². The number of nitrogens with zero attached hydrogens (tertiary/aromatic N) is 1. The van der Waals surface area contributed by atoms with E-state index in [0.29, 0.717) is 10.8 Å². The van der Waals surface area contributed by atoms with Crippen LogP contribution in [0.3, 0.4) is 0 Å². The van der Waals surface area contributed by atoms with Crippen molar-refractivity contribution in [1.82, 2.24) is 9.88 Å². The second-order valence-electron chi connectivity index (χ2n) is 5.30. The normalized spacial score (nSPS) is 13.6. The molecule has 5 nitrogen and oxygen atoms in total. The molecule has 7 heteroatoms. The molecule has 0 amide bonds. The second-order valence-corrected chi connectivity index (χ2v) is 8.55. The van der Waals surface area contributed by atoms with Crippen LogP contribution in [0.4, 0.5) is 0 Å². The SMILES string of the molecule is Cc1cc(S(=O)(=O)NCC(C)c2c(C)noc2C)sc1C. The van der Waals surface area contributed by atoms with E-state index in [9.17, 15) is 8.42 Å². The van der Waals surface area contributed by atoms with Crippen molar-refractivity contribution in [3.8, 4) is 0 Å². The third-order valence-electron chi connectivity index (χ3n) is 3.57. The highest BCUT2D eigenvalue weighted by atomic mass is 32.2. The fourth-order valence-electron chi connectivity index (χ4n) is 2.27. The molecule has 0 aliphatic heterocycles. The molecule has 2 rings (SSSR count). The van der Waals surface area contributed by atoms with E-state index >= 15 is 0 Å². The average molecular weight is 328 g/mol. The van der Waals surface area contributed by atoms with Crippen LogP contribution in [0.5, 0.6) is 0 Å². The summed E-state index contributed by atoms with van der Waals surface area (Å²) in [5, 5.41) is 3.90. The summed E-state index contributed by atoms with van der Waals surface area (Å²) < 4.78 is 32.8. The quantitative estimate of drug-likeness (QED) is 0.915. The molecule has 1 unspecified atom stereocenters. The standard InChI is InChI=1S/C14H20N2O3S2/c1-8-6-13(20-12(8)5)21(17,18)15-7-9(2)14-10(3)16-19-11(14)4/h6,9,15H,7H2,1-5H3. The van der Waals surface area contributed by atoms with Gasteiger partial charge in [-0.25, -0.2) is 13.1 Å². The fraction of sp³-hybridized carbons (Fsp3) is 0.500. The highest BCUT2D eigenvalue weighted by Crippen LogP contribution is 2.26. The van der Waals surface area contributed by atoms with Crippen LogP contribution in [0.2, 0.25) is 0 Å². The number of hydrogen-bond donors (Lipinski definition) is 1. The number of aromatic nitrogens is 1. The van der Waals surface area contributed by atoms with Crippen molar-refractivity contribution >= 4 is 21.4 Å². The van der Waals surface area contributed by atoms with Crippen LogP contribution in [-0.2, 0) is 10.0 Å². The molecule has 0 saturated heterocycles. The monoisotopic (exact) mass is 328 g/mol. The van der Waals surface area contributed by atoms with Crippen molar-refractivity contribution in [1.29, 1.82) is 0 Å². The van der Waals surface area contributed by atoms with Gasteiger partial charge in [0.05, 0.1) is 5.69 Å². The Bertz CT molecular complexity index is 705. The van der Waals surface area contributed by atoms with E-state index in [2.05, 4.69) is 9.88 Å². The smallest absolute Gasteiger partial charge is 0.250 e. The van der Waals surface area contributed by atoms with Crippen molar-refractivity contribution in [3.63, 3.8) is 0 Å². The summed E-state index contributed by atoms with van der Waals surface area (Å²) in [7, 11) is -3.46. The van der Waals surface area contributed by atoms with Gasteiger partial charge in [-0.1, -0.05) is 12.1 Å².